The molecule has 1 aromatic rings. The maximum Gasteiger partial charge on any atom is 0.307 e. The van der Waals surface area contributed by atoms with Gasteiger partial charge in [-0.05, 0) is 18.6 Å². The predicted octanol–water partition coefficient (Wildman–Crippen LogP) is 2.78. The van der Waals surface area contributed by atoms with Gasteiger partial charge in [-0.25, -0.2) is 0 Å². The quantitative estimate of drug-likeness (QED) is 0.421. The minimum Gasteiger partial charge on any atom is -0.258 e. The van der Waals surface area contributed by atoms with Gasteiger partial charge in [0.25, 0.3) is 0 Å². The highest BCUT2D eigenvalue weighted by Crippen LogP contribution is 2.25. The first kappa shape index (κ1) is 9.92. The molecule has 5 heteroatoms. The Morgan fingerprint density at radius 2 is 2.23 bits per heavy atom. The van der Waals surface area contributed by atoms with Crippen LogP contribution in [0.1, 0.15) is 11.1 Å². The van der Waals surface area contributed by atoms with Crippen LogP contribution in [0.15, 0.2) is 12.1 Å². The van der Waals surface area contributed by atoms with Gasteiger partial charge in [0.1, 0.15) is 0 Å². The summed E-state index contributed by atoms with van der Waals surface area (Å²) in [5.74, 6) is -0.677. The Labute approximate surface area is 79.3 Å². The topological polar surface area (TPSA) is 43.1 Å². The summed E-state index contributed by atoms with van der Waals surface area (Å²) in [5.41, 5.74) is 0.382. The van der Waals surface area contributed by atoms with Gasteiger partial charge in [-0.3, -0.25) is 10.1 Å². The van der Waals surface area contributed by atoms with E-state index in [-0.39, 0.29) is 5.88 Å². The Hall–Kier alpha value is -1.16. The monoisotopic (exact) mass is 203 g/mol. The average molecular weight is 204 g/mol. The van der Waals surface area contributed by atoms with Gasteiger partial charge in [-0.15, -0.1) is 11.6 Å². The van der Waals surface area contributed by atoms with Crippen molar-refractivity contribution in [3.8, 4) is 0 Å². The van der Waals surface area contributed by atoms with Crippen molar-refractivity contribution in [2.45, 2.75) is 12.8 Å². The van der Waals surface area contributed by atoms with E-state index in [4.69, 9.17) is 11.6 Å². The molecule has 0 saturated heterocycles. The normalized spacial score (nSPS) is 10.1. The van der Waals surface area contributed by atoms with Gasteiger partial charge in [0, 0.05) is 11.4 Å². The lowest BCUT2D eigenvalue weighted by Gasteiger charge is -2.02. The molecule has 1 aromatic carbocycles. The summed E-state index contributed by atoms with van der Waals surface area (Å²) in [6, 6.07) is 2.51. The van der Waals surface area contributed by atoms with Crippen molar-refractivity contribution in [2.75, 3.05) is 0 Å². The van der Waals surface area contributed by atoms with Crippen molar-refractivity contribution in [2.24, 2.45) is 0 Å². The molecule has 0 aliphatic heterocycles. The third-order valence-corrected chi connectivity index (χ3v) is 2.11. The lowest BCUT2D eigenvalue weighted by molar-refractivity contribution is -0.388. The van der Waals surface area contributed by atoms with E-state index in [1.807, 2.05) is 0 Å². The third kappa shape index (κ3) is 1.78. The molecule has 0 radical (unpaired) electrons. The zero-order valence-corrected chi connectivity index (χ0v) is 7.64. The lowest BCUT2D eigenvalue weighted by atomic mass is 10.1. The number of nitro benzene ring substituents is 1. The molecule has 0 saturated carbocycles. The minimum atomic E-state index is -0.823. The Kier molecular flexibility index (Phi) is 2.83. The van der Waals surface area contributed by atoms with E-state index in [2.05, 4.69) is 0 Å². The molecular weight excluding hydrogens is 197 g/mol. The molecule has 3 nitrogen and oxygen atoms in total. The Morgan fingerprint density at radius 1 is 1.62 bits per heavy atom. The van der Waals surface area contributed by atoms with Crippen molar-refractivity contribution < 1.29 is 9.31 Å². The van der Waals surface area contributed by atoms with E-state index in [0.717, 1.165) is 6.07 Å². The standard InChI is InChI=1S/C8H7ClFNO2/c1-5-6(4-9)2-3-7(10)8(5)11(12)13/h2-3H,4H2,1H3. The SMILES string of the molecule is Cc1c(CCl)ccc(F)c1[N+](=O)[O-]. The first-order valence-corrected chi connectivity index (χ1v) is 4.09. The van der Waals surface area contributed by atoms with Crippen molar-refractivity contribution in [1.82, 2.24) is 0 Å². The van der Waals surface area contributed by atoms with Crippen molar-refractivity contribution in [3.63, 3.8) is 0 Å². The van der Waals surface area contributed by atoms with Gasteiger partial charge < -0.3 is 0 Å². The summed E-state index contributed by atoms with van der Waals surface area (Å²) in [7, 11) is 0. The number of rotatable bonds is 2. The summed E-state index contributed by atoms with van der Waals surface area (Å²) in [4.78, 5) is 9.70. The molecule has 1 rings (SSSR count). The maximum absolute atomic E-state index is 12.9. The fraction of sp³-hybridized carbons (Fsp3) is 0.250. The highest BCUT2D eigenvalue weighted by atomic mass is 35.5. The van der Waals surface area contributed by atoms with Crippen molar-refractivity contribution in [3.05, 3.63) is 39.2 Å². The summed E-state index contributed by atoms with van der Waals surface area (Å²) < 4.78 is 12.9. The van der Waals surface area contributed by atoms with E-state index in [1.165, 1.54) is 13.0 Å². The van der Waals surface area contributed by atoms with Gasteiger partial charge in [0.15, 0.2) is 0 Å². The summed E-state index contributed by atoms with van der Waals surface area (Å²) in [6.45, 7) is 1.49. The van der Waals surface area contributed by atoms with Gasteiger partial charge in [-0.2, -0.15) is 4.39 Å². The highest BCUT2D eigenvalue weighted by molar-refractivity contribution is 6.17. The molecule has 0 heterocycles. The van der Waals surface area contributed by atoms with E-state index in [1.54, 1.807) is 0 Å². The van der Waals surface area contributed by atoms with Crippen LogP contribution in [0.2, 0.25) is 0 Å². The molecule has 0 spiro atoms. The molecule has 0 unspecified atom stereocenters. The van der Waals surface area contributed by atoms with Gasteiger partial charge in [0.2, 0.25) is 5.82 Å². The number of alkyl halides is 1. The Bertz CT molecular complexity index is 354. The van der Waals surface area contributed by atoms with E-state index in [0.29, 0.717) is 11.1 Å². The van der Waals surface area contributed by atoms with Crippen LogP contribution in [-0.2, 0) is 5.88 Å². The first-order valence-electron chi connectivity index (χ1n) is 3.56. The molecule has 0 N–H and O–H groups in total. The van der Waals surface area contributed by atoms with E-state index >= 15 is 0 Å². The first-order chi connectivity index (χ1) is 6.07. The molecule has 0 fully saturated rings. The largest absolute Gasteiger partial charge is 0.307 e. The van der Waals surface area contributed by atoms with Gasteiger partial charge in [-0.1, -0.05) is 6.07 Å². The highest BCUT2D eigenvalue weighted by Gasteiger charge is 2.19. The van der Waals surface area contributed by atoms with Crippen LogP contribution in [0.3, 0.4) is 0 Å². The van der Waals surface area contributed by atoms with Crippen LogP contribution in [0.4, 0.5) is 10.1 Å². The molecule has 0 aromatic heterocycles. The molecule has 70 valence electrons. The van der Waals surface area contributed by atoms with Crippen LogP contribution in [0.25, 0.3) is 0 Å². The summed E-state index contributed by atoms with van der Waals surface area (Å²) >= 11 is 5.52. The fourth-order valence-corrected chi connectivity index (χ4v) is 1.37. The molecule has 0 bridgehead atoms. The second-order valence-electron chi connectivity index (χ2n) is 2.57. The number of halogens is 2. The Morgan fingerprint density at radius 3 is 2.69 bits per heavy atom. The third-order valence-electron chi connectivity index (χ3n) is 1.82. The van der Waals surface area contributed by atoms with Crippen LogP contribution >= 0.6 is 11.6 Å². The molecule has 0 aliphatic rings. The van der Waals surface area contributed by atoms with Crippen LogP contribution in [-0.4, -0.2) is 4.92 Å². The predicted molar refractivity (Wildman–Crippen MR) is 47.3 cm³/mol. The van der Waals surface area contributed by atoms with Crippen LogP contribution in [0.5, 0.6) is 0 Å². The zero-order chi connectivity index (χ0) is 10.0. The summed E-state index contributed by atoms with van der Waals surface area (Å²) in [6.07, 6.45) is 0. The average Bonchev–Trinajstić information content (AvgIpc) is 2.04. The second-order valence-corrected chi connectivity index (χ2v) is 2.84. The molecule has 0 amide bonds. The number of hydrogen-bond donors (Lipinski definition) is 0. The van der Waals surface area contributed by atoms with Crippen LogP contribution < -0.4 is 0 Å². The molecule has 0 atom stereocenters. The molecular formula is C8H7ClFNO2. The fourth-order valence-electron chi connectivity index (χ4n) is 1.08. The summed E-state index contributed by atoms with van der Waals surface area (Å²) in [5, 5.41) is 10.4. The number of nitrogens with zero attached hydrogens (tertiary/aromatic N) is 1. The molecule has 13 heavy (non-hydrogen) atoms. The molecule has 0 aliphatic carbocycles. The lowest BCUT2D eigenvalue weighted by Crippen LogP contribution is -1.98. The van der Waals surface area contributed by atoms with Crippen LogP contribution in [0, 0.1) is 22.9 Å². The second kappa shape index (κ2) is 3.70. The number of hydrogen-bond acceptors (Lipinski definition) is 2. The van der Waals surface area contributed by atoms with Crippen molar-refractivity contribution >= 4 is 17.3 Å². The van der Waals surface area contributed by atoms with Gasteiger partial charge in [0.05, 0.1) is 4.92 Å². The van der Waals surface area contributed by atoms with E-state index in [9.17, 15) is 14.5 Å². The number of nitro groups is 1. The van der Waals surface area contributed by atoms with Gasteiger partial charge >= 0.3 is 5.69 Å². The smallest absolute Gasteiger partial charge is 0.258 e. The zero-order valence-electron chi connectivity index (χ0n) is 6.88. The van der Waals surface area contributed by atoms with E-state index < -0.39 is 16.4 Å². The minimum absolute atomic E-state index is 0.146. The Balaban J connectivity index is 3.38. The number of benzene rings is 1. The maximum atomic E-state index is 12.9. The van der Waals surface area contributed by atoms with Crippen molar-refractivity contribution in [1.29, 1.82) is 0 Å².